The zero-order valence-corrected chi connectivity index (χ0v) is 23.2. The first-order chi connectivity index (χ1) is 15.2. The molecule has 0 unspecified atom stereocenters. The number of halogens is 3. The Bertz CT molecular complexity index is 576. The number of carboxylic acids is 1. The Kier molecular flexibility index (Phi) is 18.9. The zero-order valence-electron chi connectivity index (χ0n) is 21.5. The van der Waals surface area contributed by atoms with Gasteiger partial charge in [0.05, 0.1) is 36.7 Å². The monoisotopic (exact) mass is 521 g/mol. The van der Waals surface area contributed by atoms with Crippen molar-refractivity contribution in [3.05, 3.63) is 0 Å². The van der Waals surface area contributed by atoms with Crippen LogP contribution >= 0.6 is 7.26 Å². The van der Waals surface area contributed by atoms with Gasteiger partial charge in [-0.25, -0.2) is 8.42 Å². The van der Waals surface area contributed by atoms with Crippen molar-refractivity contribution in [2.24, 2.45) is 5.92 Å². The second-order valence-corrected chi connectivity index (χ2v) is 15.4. The van der Waals surface area contributed by atoms with Gasteiger partial charge in [0.25, 0.3) is 0 Å². The molecule has 0 aliphatic carbocycles. The summed E-state index contributed by atoms with van der Waals surface area (Å²) in [7, 11) is -6.22. The van der Waals surface area contributed by atoms with Gasteiger partial charge in [0, 0.05) is 7.26 Å². The predicted octanol–water partition coefficient (Wildman–Crippen LogP) is 5.79. The first kappa shape index (κ1) is 34.8. The molecule has 0 saturated carbocycles. The molecule has 33 heavy (non-hydrogen) atoms. The zero-order chi connectivity index (χ0) is 26.1. The highest BCUT2D eigenvalue weighted by Gasteiger charge is 2.47. The van der Waals surface area contributed by atoms with Crippen LogP contribution < -0.4 is 9.83 Å². The Morgan fingerprint density at radius 2 is 1.18 bits per heavy atom. The number of carboxylic acid groups (broad SMARTS) is 1. The molecule has 0 aromatic heterocycles. The van der Waals surface area contributed by atoms with Crippen molar-refractivity contribution in [1.82, 2.24) is 4.72 Å². The van der Waals surface area contributed by atoms with Crippen LogP contribution in [0.15, 0.2) is 0 Å². The van der Waals surface area contributed by atoms with E-state index in [2.05, 4.69) is 27.7 Å². The summed E-state index contributed by atoms with van der Waals surface area (Å²) in [6.07, 6.45) is 17.7. The first-order valence-electron chi connectivity index (χ1n) is 12.4. The van der Waals surface area contributed by atoms with Gasteiger partial charge >= 0.3 is 15.5 Å². The van der Waals surface area contributed by atoms with Gasteiger partial charge in [-0.3, -0.25) is 0 Å². The van der Waals surface area contributed by atoms with E-state index < -0.39 is 34.8 Å². The van der Waals surface area contributed by atoms with Crippen LogP contribution in [0.25, 0.3) is 0 Å². The molecule has 200 valence electrons. The highest BCUT2D eigenvalue weighted by molar-refractivity contribution is 7.90. The number of hydrogen-bond acceptors (Lipinski definition) is 4. The summed E-state index contributed by atoms with van der Waals surface area (Å²) in [5.74, 6) is -2.18. The number of carbonyl (C=O) groups is 1. The van der Waals surface area contributed by atoms with Crippen LogP contribution in [0.3, 0.4) is 0 Å². The third-order valence-corrected chi connectivity index (χ3v) is 11.8. The van der Waals surface area contributed by atoms with Crippen LogP contribution in [0.1, 0.15) is 99.3 Å². The lowest BCUT2D eigenvalue weighted by Crippen LogP contribution is -2.51. The van der Waals surface area contributed by atoms with Crippen molar-refractivity contribution in [1.29, 1.82) is 0 Å². The van der Waals surface area contributed by atoms with E-state index in [-0.39, 0.29) is 12.3 Å². The van der Waals surface area contributed by atoms with E-state index in [1.54, 1.807) is 24.6 Å². The van der Waals surface area contributed by atoms with Crippen LogP contribution in [-0.2, 0) is 14.8 Å². The summed E-state index contributed by atoms with van der Waals surface area (Å²) >= 11 is 0. The molecule has 1 N–H and O–H groups in total. The van der Waals surface area contributed by atoms with Crippen LogP contribution in [-0.4, -0.2) is 50.6 Å². The molecule has 0 saturated heterocycles. The number of hydrogen-bond donors (Lipinski definition) is 1. The summed E-state index contributed by atoms with van der Waals surface area (Å²) in [6.45, 7) is 12.5. The van der Waals surface area contributed by atoms with Crippen molar-refractivity contribution < 1.29 is 31.5 Å². The summed E-state index contributed by atoms with van der Waals surface area (Å²) in [5, 5.41) is 10.4. The minimum atomic E-state index is -5.66. The fourth-order valence-corrected chi connectivity index (χ4v) is 9.55. The van der Waals surface area contributed by atoms with E-state index in [1.165, 1.54) is 65.2 Å². The molecule has 10 heteroatoms. The van der Waals surface area contributed by atoms with E-state index in [1.807, 2.05) is 0 Å². The number of alkyl halides is 3. The van der Waals surface area contributed by atoms with Crippen LogP contribution in [0.4, 0.5) is 13.2 Å². The molecule has 0 aromatic rings. The second-order valence-electron chi connectivity index (χ2n) is 9.22. The van der Waals surface area contributed by atoms with Crippen molar-refractivity contribution in [2.75, 3.05) is 24.6 Å². The maximum Gasteiger partial charge on any atom is 0.511 e. The molecule has 0 aliphatic rings. The van der Waals surface area contributed by atoms with Crippen molar-refractivity contribution in [3.8, 4) is 0 Å². The molecule has 0 spiro atoms. The van der Waals surface area contributed by atoms with Gasteiger partial charge in [-0.15, -0.1) is 0 Å². The standard InChI is InChI=1S/C16H36P.C7H12F3NO4S/c1-5-9-13-17(14-10-6-2,15-11-7-3)16-12-8-4;1-4(2)3-5(6(12)13)11-16(14,15)7(8,9)10/h5-16H2,1-4H3;4-5,11H,3H2,1-2H3,(H,12,13)/q+1;/p-1/t;5-/m.0/s1. The van der Waals surface area contributed by atoms with Crippen LogP contribution in [0.5, 0.6) is 0 Å². The number of sulfonamides is 1. The Labute approximate surface area is 201 Å². The average molecular weight is 522 g/mol. The molecule has 0 rings (SSSR count). The Hall–Kier alpha value is -0.400. The van der Waals surface area contributed by atoms with E-state index in [9.17, 15) is 31.5 Å². The van der Waals surface area contributed by atoms with Gasteiger partial charge in [0.2, 0.25) is 0 Å². The van der Waals surface area contributed by atoms with Crippen LogP contribution in [0.2, 0.25) is 0 Å². The minimum absolute atomic E-state index is 0.280. The largest absolute Gasteiger partial charge is 0.548 e. The Morgan fingerprint density at radius 1 is 0.848 bits per heavy atom. The topological polar surface area (TPSA) is 86.3 Å². The summed E-state index contributed by atoms with van der Waals surface area (Å²) in [4.78, 5) is 10.4. The molecular weight excluding hydrogens is 474 g/mol. The predicted molar refractivity (Wildman–Crippen MR) is 132 cm³/mol. The fraction of sp³-hybridized carbons (Fsp3) is 0.957. The van der Waals surface area contributed by atoms with Gasteiger partial charge < -0.3 is 9.90 Å². The molecule has 0 aliphatic heterocycles. The molecule has 1 atom stereocenters. The Morgan fingerprint density at radius 3 is 1.39 bits per heavy atom. The maximum absolute atomic E-state index is 11.9. The fourth-order valence-electron chi connectivity index (χ4n) is 3.56. The van der Waals surface area contributed by atoms with Gasteiger partial charge in [-0.2, -0.15) is 17.9 Å². The maximum atomic E-state index is 11.9. The highest BCUT2D eigenvalue weighted by Crippen LogP contribution is 2.61. The third kappa shape index (κ3) is 16.0. The van der Waals surface area contributed by atoms with E-state index in [4.69, 9.17) is 0 Å². The molecule has 5 nitrogen and oxygen atoms in total. The van der Waals surface area contributed by atoms with E-state index >= 15 is 0 Å². The van der Waals surface area contributed by atoms with Gasteiger partial charge in [0.1, 0.15) is 0 Å². The summed E-state index contributed by atoms with van der Waals surface area (Å²) < 4.78 is 58.1. The van der Waals surface area contributed by atoms with E-state index in [0.717, 1.165) is 4.72 Å². The van der Waals surface area contributed by atoms with Crippen molar-refractivity contribution >= 4 is 23.3 Å². The molecule has 0 radical (unpaired) electrons. The SMILES string of the molecule is CC(C)C[C@H](NS(=O)(=O)C(F)(F)F)C(=O)[O-].CCCC[P+](CCCC)(CCCC)CCCC. The molecule has 0 aromatic carbocycles. The molecule has 0 amide bonds. The number of unbranched alkanes of at least 4 members (excludes halogenated alkanes) is 4. The second kappa shape index (κ2) is 18.0. The quantitative estimate of drug-likeness (QED) is 0.245. The lowest BCUT2D eigenvalue weighted by Gasteiger charge is -2.28. The first-order valence-corrected chi connectivity index (χ1v) is 16.4. The third-order valence-electron chi connectivity index (χ3n) is 5.54. The van der Waals surface area contributed by atoms with Gasteiger partial charge in [-0.05, 0) is 38.0 Å². The number of rotatable bonds is 17. The van der Waals surface area contributed by atoms with Crippen molar-refractivity contribution in [3.63, 3.8) is 0 Å². The van der Waals surface area contributed by atoms with Gasteiger partial charge in [0.15, 0.2) is 0 Å². The summed E-state index contributed by atoms with van der Waals surface area (Å²) in [6, 6.07) is -1.88. The summed E-state index contributed by atoms with van der Waals surface area (Å²) in [5.41, 5.74) is -5.53. The van der Waals surface area contributed by atoms with Crippen LogP contribution in [0, 0.1) is 5.92 Å². The lowest BCUT2D eigenvalue weighted by molar-refractivity contribution is -0.308. The average Bonchev–Trinajstić information content (AvgIpc) is 2.71. The molecule has 0 fully saturated rings. The Balaban J connectivity index is 0. The van der Waals surface area contributed by atoms with Gasteiger partial charge in [-0.1, -0.05) is 67.2 Å². The number of nitrogens with one attached hydrogen (secondary N) is 1. The number of aliphatic carboxylic acids is 1. The molecule has 0 bridgehead atoms. The van der Waals surface area contributed by atoms with E-state index in [0.29, 0.717) is 0 Å². The number of carbonyl (C=O) groups excluding carboxylic acids is 1. The molecule has 0 heterocycles. The lowest BCUT2D eigenvalue weighted by atomic mass is 10.1. The highest BCUT2D eigenvalue weighted by atomic mass is 32.2. The minimum Gasteiger partial charge on any atom is -0.548 e. The van der Waals surface area contributed by atoms with Crippen molar-refractivity contribution in [2.45, 2.75) is 111 Å². The molecular formula is C23H47F3NO4PS. The smallest absolute Gasteiger partial charge is 0.511 e. The normalized spacial score (nSPS) is 13.5.